The van der Waals surface area contributed by atoms with Gasteiger partial charge >= 0.3 is 5.97 Å². The summed E-state index contributed by atoms with van der Waals surface area (Å²) in [7, 11) is 0. The van der Waals surface area contributed by atoms with Crippen LogP contribution in [0.3, 0.4) is 0 Å². The molecule has 0 aromatic carbocycles. The van der Waals surface area contributed by atoms with Crippen molar-refractivity contribution < 1.29 is 14.3 Å². The van der Waals surface area contributed by atoms with Crippen molar-refractivity contribution in [3.63, 3.8) is 0 Å². The van der Waals surface area contributed by atoms with E-state index in [4.69, 9.17) is 9.47 Å². The van der Waals surface area contributed by atoms with E-state index in [-0.39, 0.29) is 18.2 Å². The van der Waals surface area contributed by atoms with E-state index in [2.05, 4.69) is 0 Å². The van der Waals surface area contributed by atoms with Gasteiger partial charge in [0, 0.05) is 0 Å². The first-order valence-electron chi connectivity index (χ1n) is 3.18. The van der Waals surface area contributed by atoms with Crippen molar-refractivity contribution in [2.75, 3.05) is 6.61 Å². The highest BCUT2D eigenvalue weighted by Gasteiger charge is 2.36. The van der Waals surface area contributed by atoms with Crippen molar-refractivity contribution in [2.45, 2.75) is 25.0 Å². The van der Waals surface area contributed by atoms with Gasteiger partial charge in [0.2, 0.25) is 0 Å². The van der Waals surface area contributed by atoms with Crippen LogP contribution in [0, 0.1) is 0 Å². The Balaban J connectivity index is 2.15. The van der Waals surface area contributed by atoms with Crippen LogP contribution < -0.4 is 0 Å². The average Bonchev–Trinajstić information content (AvgIpc) is 1.90. The fourth-order valence-electron chi connectivity index (χ4n) is 1.25. The van der Waals surface area contributed by atoms with Gasteiger partial charge in [0.1, 0.15) is 6.10 Å². The molecule has 0 amide bonds. The zero-order valence-corrected chi connectivity index (χ0v) is 5.00. The van der Waals surface area contributed by atoms with E-state index in [0.717, 1.165) is 12.8 Å². The summed E-state index contributed by atoms with van der Waals surface area (Å²) in [6, 6.07) is 0. The van der Waals surface area contributed by atoms with E-state index < -0.39 is 0 Å². The largest absolute Gasteiger partial charge is 0.458 e. The minimum absolute atomic E-state index is 0.0579. The Kier molecular flexibility index (Phi) is 0.990. The Morgan fingerprint density at radius 2 is 2.33 bits per heavy atom. The van der Waals surface area contributed by atoms with Crippen molar-refractivity contribution in [2.24, 2.45) is 0 Å². The zero-order valence-electron chi connectivity index (χ0n) is 5.00. The Bertz CT molecular complexity index is 135. The van der Waals surface area contributed by atoms with E-state index in [9.17, 15) is 4.79 Å². The van der Waals surface area contributed by atoms with Gasteiger partial charge in [0.15, 0.2) is 6.10 Å². The van der Waals surface area contributed by atoms with E-state index in [1.54, 1.807) is 0 Å². The number of carbonyl (C=O) groups is 1. The summed E-state index contributed by atoms with van der Waals surface area (Å²) in [4.78, 5) is 10.7. The molecular weight excluding hydrogens is 120 g/mol. The topological polar surface area (TPSA) is 35.5 Å². The molecule has 9 heavy (non-hydrogen) atoms. The highest BCUT2D eigenvalue weighted by Crippen LogP contribution is 2.23. The van der Waals surface area contributed by atoms with Gasteiger partial charge < -0.3 is 9.47 Å². The number of ether oxygens (including phenoxy) is 2. The lowest BCUT2D eigenvalue weighted by molar-refractivity contribution is -0.197. The van der Waals surface area contributed by atoms with Crippen LogP contribution in [0.25, 0.3) is 0 Å². The summed E-state index contributed by atoms with van der Waals surface area (Å²) in [6.45, 7) is 0.608. The van der Waals surface area contributed by atoms with Crippen molar-refractivity contribution in [3.05, 3.63) is 0 Å². The highest BCUT2D eigenvalue weighted by atomic mass is 16.6. The van der Waals surface area contributed by atoms with Gasteiger partial charge in [0.25, 0.3) is 0 Å². The average molecular weight is 128 g/mol. The number of fused-ring (bicyclic) bond motifs is 3. The summed E-state index contributed by atoms with van der Waals surface area (Å²) in [5.41, 5.74) is 0. The number of carbonyl (C=O) groups excluding carboxylic acids is 1. The SMILES string of the molecule is O=C1OC2CCC1OC2. The summed E-state index contributed by atoms with van der Waals surface area (Å²) in [5.74, 6) is -0.169. The standard InChI is InChI=1S/C6H8O3/c7-6-5-2-1-4(9-6)3-8-5/h4-5H,1-3H2. The molecule has 0 N–H and O–H groups in total. The molecule has 0 aromatic heterocycles. The first-order chi connectivity index (χ1) is 4.36. The van der Waals surface area contributed by atoms with Gasteiger partial charge in [-0.1, -0.05) is 0 Å². The van der Waals surface area contributed by atoms with Crippen LogP contribution in [0.2, 0.25) is 0 Å². The van der Waals surface area contributed by atoms with Gasteiger partial charge in [-0.2, -0.15) is 0 Å². The fourth-order valence-corrected chi connectivity index (χ4v) is 1.25. The van der Waals surface area contributed by atoms with E-state index >= 15 is 0 Å². The normalized spacial score (nSPS) is 40.7. The lowest BCUT2D eigenvalue weighted by atomic mass is 10.0. The zero-order chi connectivity index (χ0) is 6.27. The Labute approximate surface area is 52.9 Å². The summed E-state index contributed by atoms with van der Waals surface area (Å²) in [5, 5.41) is 0. The number of hydrogen-bond acceptors (Lipinski definition) is 3. The smallest absolute Gasteiger partial charge is 0.335 e. The van der Waals surface area contributed by atoms with Crippen molar-refractivity contribution in [1.29, 1.82) is 0 Å². The van der Waals surface area contributed by atoms with Crippen LogP contribution in [0.1, 0.15) is 12.8 Å². The van der Waals surface area contributed by atoms with E-state index in [1.165, 1.54) is 0 Å². The van der Waals surface area contributed by atoms with Crippen molar-refractivity contribution in [1.82, 2.24) is 0 Å². The number of esters is 1. The van der Waals surface area contributed by atoms with Gasteiger partial charge in [-0.25, -0.2) is 4.79 Å². The Hall–Kier alpha value is -0.570. The van der Waals surface area contributed by atoms with Crippen molar-refractivity contribution in [3.8, 4) is 0 Å². The summed E-state index contributed by atoms with van der Waals surface area (Å²) < 4.78 is 10.0. The summed E-state index contributed by atoms with van der Waals surface area (Å²) >= 11 is 0. The van der Waals surface area contributed by atoms with Crippen LogP contribution in [-0.2, 0) is 14.3 Å². The first kappa shape index (κ1) is 5.23. The van der Waals surface area contributed by atoms with Crippen LogP contribution in [0.15, 0.2) is 0 Å². The van der Waals surface area contributed by atoms with E-state index in [1.807, 2.05) is 0 Å². The maximum absolute atomic E-state index is 10.7. The molecule has 0 aliphatic carbocycles. The van der Waals surface area contributed by atoms with Crippen LogP contribution in [-0.4, -0.2) is 24.8 Å². The number of rotatable bonds is 0. The molecule has 3 heterocycles. The molecule has 2 unspecified atom stereocenters. The number of hydrogen-bond donors (Lipinski definition) is 0. The Morgan fingerprint density at radius 3 is 2.56 bits per heavy atom. The van der Waals surface area contributed by atoms with E-state index in [0.29, 0.717) is 6.61 Å². The quantitative estimate of drug-likeness (QED) is 0.434. The third-order valence-electron chi connectivity index (χ3n) is 1.78. The summed E-state index contributed by atoms with van der Waals surface area (Å²) in [6.07, 6.45) is 1.65. The minimum Gasteiger partial charge on any atom is -0.458 e. The van der Waals surface area contributed by atoms with Gasteiger partial charge in [-0.3, -0.25) is 0 Å². The Morgan fingerprint density at radius 1 is 1.44 bits per heavy atom. The monoisotopic (exact) mass is 128 g/mol. The predicted molar refractivity (Wildman–Crippen MR) is 28.9 cm³/mol. The van der Waals surface area contributed by atoms with Crippen LogP contribution in [0.5, 0.6) is 0 Å². The molecule has 0 saturated carbocycles. The molecule has 0 spiro atoms. The maximum Gasteiger partial charge on any atom is 0.335 e. The maximum atomic E-state index is 10.7. The molecule has 3 fully saturated rings. The molecule has 3 aliphatic rings. The predicted octanol–water partition coefficient (Wildman–Crippen LogP) is 0.0908. The second kappa shape index (κ2) is 1.70. The molecule has 3 aliphatic heterocycles. The van der Waals surface area contributed by atoms with Crippen molar-refractivity contribution >= 4 is 5.97 Å². The molecule has 3 saturated heterocycles. The second-order valence-corrected chi connectivity index (χ2v) is 2.46. The molecule has 2 atom stereocenters. The molecule has 2 bridgehead atoms. The first-order valence-corrected chi connectivity index (χ1v) is 3.18. The molecular formula is C6H8O3. The van der Waals surface area contributed by atoms with Gasteiger partial charge in [-0.05, 0) is 12.8 Å². The lowest BCUT2D eigenvalue weighted by Gasteiger charge is -2.34. The fraction of sp³-hybridized carbons (Fsp3) is 0.833. The lowest BCUT2D eigenvalue weighted by Crippen LogP contribution is -2.45. The highest BCUT2D eigenvalue weighted by molar-refractivity contribution is 5.76. The van der Waals surface area contributed by atoms with Crippen LogP contribution in [0.4, 0.5) is 0 Å². The third kappa shape index (κ3) is 0.721. The molecule has 3 rings (SSSR count). The molecule has 3 heteroatoms. The molecule has 0 aromatic rings. The van der Waals surface area contributed by atoms with Crippen LogP contribution >= 0.6 is 0 Å². The minimum atomic E-state index is -0.241. The van der Waals surface area contributed by atoms with Gasteiger partial charge in [-0.15, -0.1) is 0 Å². The molecule has 3 nitrogen and oxygen atoms in total. The molecule has 0 radical (unpaired) electrons. The third-order valence-corrected chi connectivity index (χ3v) is 1.78. The second-order valence-electron chi connectivity index (χ2n) is 2.46. The van der Waals surface area contributed by atoms with Gasteiger partial charge in [0.05, 0.1) is 6.61 Å². The molecule has 50 valence electrons.